The highest BCUT2D eigenvalue weighted by Gasteiger charge is 2.14. The Balaban J connectivity index is 0.00000364. The first kappa shape index (κ1) is 24.1. The summed E-state index contributed by atoms with van der Waals surface area (Å²) in [6.45, 7) is 3.77. The maximum Gasteiger partial charge on any atom is 0.243 e. The van der Waals surface area contributed by atoms with Crippen molar-refractivity contribution in [2.45, 2.75) is 31.9 Å². The molecule has 0 saturated carbocycles. The zero-order valence-corrected chi connectivity index (χ0v) is 19.3. The molecule has 2 heterocycles. The largest absolute Gasteiger partial charge is 0.379 e. The van der Waals surface area contributed by atoms with Crippen LogP contribution in [0.25, 0.3) is 0 Å². The minimum Gasteiger partial charge on any atom is -0.379 e. The summed E-state index contributed by atoms with van der Waals surface area (Å²) in [4.78, 5) is 18.9. The van der Waals surface area contributed by atoms with Crippen molar-refractivity contribution in [3.63, 3.8) is 0 Å². The second-order valence-electron chi connectivity index (χ2n) is 6.38. The normalized spacial score (nSPS) is 16.7. The lowest BCUT2D eigenvalue weighted by atomic mass is 10.2. The van der Waals surface area contributed by atoms with Gasteiger partial charge >= 0.3 is 0 Å². The first-order valence-corrected chi connectivity index (χ1v) is 9.97. The van der Waals surface area contributed by atoms with E-state index in [-0.39, 0.29) is 42.5 Å². The first-order valence-electron chi connectivity index (χ1n) is 9.09. The molecule has 0 spiro atoms. The van der Waals surface area contributed by atoms with Crippen molar-refractivity contribution in [3.8, 4) is 0 Å². The molecule has 1 aromatic rings. The molecule has 0 bridgehead atoms. The Morgan fingerprint density at radius 2 is 2.30 bits per heavy atom. The van der Waals surface area contributed by atoms with Crippen LogP contribution in [0.5, 0.6) is 0 Å². The van der Waals surface area contributed by atoms with Gasteiger partial charge in [-0.25, -0.2) is 4.99 Å². The lowest BCUT2D eigenvalue weighted by Gasteiger charge is -2.14. The van der Waals surface area contributed by atoms with Gasteiger partial charge in [-0.3, -0.25) is 4.79 Å². The standard InChI is InChI=1S/C18H30N4O3S.HI/c1-22(2)17(23)13-21-18(20-12-16-7-4-11-26-16)19-8-5-9-24-14-15-6-3-10-25-15;/h4,7,11,15H,3,5-6,8-10,12-14H2,1-2H3,(H2,19,20,21);1H. The average molecular weight is 510 g/mol. The van der Waals surface area contributed by atoms with Crippen LogP contribution in [0, 0.1) is 0 Å². The van der Waals surface area contributed by atoms with Crippen LogP contribution in [0.2, 0.25) is 0 Å². The van der Waals surface area contributed by atoms with E-state index >= 15 is 0 Å². The summed E-state index contributed by atoms with van der Waals surface area (Å²) in [5, 5.41) is 8.58. The van der Waals surface area contributed by atoms with Crippen molar-refractivity contribution in [3.05, 3.63) is 22.4 Å². The second kappa shape index (κ2) is 14.1. The summed E-state index contributed by atoms with van der Waals surface area (Å²) in [6.07, 6.45) is 3.37. The van der Waals surface area contributed by atoms with Crippen molar-refractivity contribution >= 4 is 47.2 Å². The molecule has 1 unspecified atom stereocenters. The van der Waals surface area contributed by atoms with Gasteiger partial charge in [0.1, 0.15) is 6.54 Å². The van der Waals surface area contributed by atoms with Gasteiger partial charge in [-0.05, 0) is 30.7 Å². The van der Waals surface area contributed by atoms with Gasteiger partial charge in [0.05, 0.1) is 19.3 Å². The van der Waals surface area contributed by atoms with Crippen LogP contribution in [-0.4, -0.2) is 69.9 Å². The quantitative estimate of drug-likeness (QED) is 0.218. The van der Waals surface area contributed by atoms with Gasteiger partial charge in [-0.2, -0.15) is 0 Å². The monoisotopic (exact) mass is 510 g/mol. The molecule has 7 nitrogen and oxygen atoms in total. The summed E-state index contributed by atoms with van der Waals surface area (Å²) in [5.41, 5.74) is 0. The molecule has 27 heavy (non-hydrogen) atoms. The predicted octanol–water partition coefficient (Wildman–Crippen LogP) is 2.08. The number of thiophene rings is 1. The maximum atomic E-state index is 11.8. The van der Waals surface area contributed by atoms with Gasteiger partial charge in [0, 0.05) is 38.7 Å². The number of nitrogens with zero attached hydrogens (tertiary/aromatic N) is 2. The van der Waals surface area contributed by atoms with Gasteiger partial charge in [-0.15, -0.1) is 35.3 Å². The fraction of sp³-hybridized carbons (Fsp3) is 0.667. The number of halogens is 1. The van der Waals surface area contributed by atoms with Crippen LogP contribution in [0.1, 0.15) is 24.1 Å². The number of hydrogen-bond acceptors (Lipinski definition) is 5. The van der Waals surface area contributed by atoms with Crippen LogP contribution in [-0.2, 0) is 20.8 Å². The third-order valence-electron chi connectivity index (χ3n) is 3.97. The van der Waals surface area contributed by atoms with E-state index in [0.717, 1.165) is 32.4 Å². The number of likely N-dealkylation sites (N-methyl/N-ethyl adjacent to an activating group) is 1. The Morgan fingerprint density at radius 3 is 2.96 bits per heavy atom. The topological polar surface area (TPSA) is 75.2 Å². The minimum atomic E-state index is -0.0258. The maximum absolute atomic E-state index is 11.8. The van der Waals surface area contributed by atoms with Gasteiger partial charge in [0.2, 0.25) is 5.91 Å². The highest BCUT2D eigenvalue weighted by molar-refractivity contribution is 14.0. The first-order chi connectivity index (χ1) is 12.6. The molecule has 1 saturated heterocycles. The third-order valence-corrected chi connectivity index (χ3v) is 4.84. The summed E-state index contributed by atoms with van der Waals surface area (Å²) in [6, 6.07) is 4.09. The van der Waals surface area contributed by atoms with Crippen LogP contribution in [0.4, 0.5) is 0 Å². The molecule has 2 rings (SSSR count). The molecule has 1 aliphatic rings. The predicted molar refractivity (Wildman–Crippen MR) is 120 cm³/mol. The Hall–Kier alpha value is -0.910. The summed E-state index contributed by atoms with van der Waals surface area (Å²) < 4.78 is 11.2. The average Bonchev–Trinajstić information content (AvgIpc) is 3.32. The SMILES string of the molecule is CN(C)C(=O)CN=C(NCCCOCC1CCCO1)NCc1cccs1.I. The molecule has 1 amide bonds. The molecule has 1 fully saturated rings. The number of guanidine groups is 1. The van der Waals surface area contributed by atoms with Crippen molar-refractivity contribution in [2.24, 2.45) is 4.99 Å². The number of hydrogen-bond donors (Lipinski definition) is 2. The van der Waals surface area contributed by atoms with E-state index in [1.807, 2.05) is 11.4 Å². The smallest absolute Gasteiger partial charge is 0.243 e. The summed E-state index contributed by atoms with van der Waals surface area (Å²) >= 11 is 1.69. The molecule has 1 aromatic heterocycles. The number of aliphatic imine (C=N–C) groups is 1. The fourth-order valence-corrected chi connectivity index (χ4v) is 3.06. The van der Waals surface area contributed by atoms with Gasteiger partial charge < -0.3 is 25.0 Å². The second-order valence-corrected chi connectivity index (χ2v) is 7.41. The Morgan fingerprint density at radius 1 is 1.44 bits per heavy atom. The number of amides is 1. The Labute approximate surface area is 182 Å². The van der Waals surface area contributed by atoms with E-state index in [1.54, 1.807) is 30.3 Å². The highest BCUT2D eigenvalue weighted by Crippen LogP contribution is 2.11. The van der Waals surface area contributed by atoms with Gasteiger partial charge in [0.25, 0.3) is 0 Å². The van der Waals surface area contributed by atoms with Gasteiger partial charge in [-0.1, -0.05) is 6.07 Å². The minimum absolute atomic E-state index is 0. The van der Waals surface area contributed by atoms with E-state index in [1.165, 1.54) is 4.88 Å². The van der Waals surface area contributed by atoms with Crippen LogP contribution in [0.15, 0.2) is 22.5 Å². The van der Waals surface area contributed by atoms with Crippen LogP contribution in [0.3, 0.4) is 0 Å². The Bertz CT molecular complexity index is 549. The molecule has 1 aliphatic heterocycles. The molecule has 0 aromatic carbocycles. The molecule has 0 radical (unpaired) electrons. The lowest BCUT2D eigenvalue weighted by molar-refractivity contribution is -0.127. The molecule has 2 N–H and O–H groups in total. The number of carbonyl (C=O) groups is 1. The molecular formula is C18H31IN4O3S. The van der Waals surface area contributed by atoms with Crippen molar-refractivity contribution in [1.82, 2.24) is 15.5 Å². The van der Waals surface area contributed by atoms with E-state index in [4.69, 9.17) is 9.47 Å². The van der Waals surface area contributed by atoms with Crippen LogP contribution < -0.4 is 10.6 Å². The number of nitrogens with one attached hydrogen (secondary N) is 2. The summed E-state index contributed by atoms with van der Waals surface area (Å²) in [5.74, 6) is 0.620. The van der Waals surface area contributed by atoms with Gasteiger partial charge in [0.15, 0.2) is 5.96 Å². The molecule has 0 aliphatic carbocycles. The Kier molecular flexibility index (Phi) is 12.6. The van der Waals surface area contributed by atoms with Crippen LogP contribution >= 0.6 is 35.3 Å². The molecule has 1 atom stereocenters. The summed E-state index contributed by atoms with van der Waals surface area (Å²) in [7, 11) is 3.46. The number of carbonyl (C=O) groups excluding carboxylic acids is 1. The molecular weight excluding hydrogens is 479 g/mol. The number of ether oxygens (including phenoxy) is 2. The molecule has 154 valence electrons. The van der Waals surface area contributed by atoms with E-state index in [0.29, 0.717) is 25.7 Å². The highest BCUT2D eigenvalue weighted by atomic mass is 127. The van der Waals surface area contributed by atoms with Crippen molar-refractivity contribution in [2.75, 3.05) is 47.0 Å². The van der Waals surface area contributed by atoms with Crippen molar-refractivity contribution in [1.29, 1.82) is 0 Å². The van der Waals surface area contributed by atoms with E-state index < -0.39 is 0 Å². The third kappa shape index (κ3) is 10.3. The molecule has 9 heteroatoms. The van der Waals surface area contributed by atoms with E-state index in [9.17, 15) is 4.79 Å². The number of rotatable bonds is 10. The fourth-order valence-electron chi connectivity index (χ4n) is 2.42. The van der Waals surface area contributed by atoms with E-state index in [2.05, 4.69) is 21.7 Å². The van der Waals surface area contributed by atoms with Crippen molar-refractivity contribution < 1.29 is 14.3 Å². The zero-order chi connectivity index (χ0) is 18.6. The lowest BCUT2D eigenvalue weighted by Crippen LogP contribution is -2.38. The zero-order valence-electron chi connectivity index (χ0n) is 16.1.